The highest BCUT2D eigenvalue weighted by Gasteiger charge is 2.28. The number of hydrogen-bond acceptors (Lipinski definition) is 6. The van der Waals surface area contributed by atoms with E-state index < -0.39 is 0 Å². The Morgan fingerprint density at radius 1 is 0.333 bits per heavy atom. The first kappa shape index (κ1) is 37.3. The molecule has 3 aromatic heterocycles. The second-order valence-corrected chi connectivity index (χ2v) is 17.4. The highest BCUT2D eigenvalue weighted by atomic mass is 15.1. The van der Waals surface area contributed by atoms with Crippen molar-refractivity contribution in [2.24, 2.45) is 0 Å². The van der Waals surface area contributed by atoms with Crippen molar-refractivity contribution in [1.29, 1.82) is 0 Å². The van der Waals surface area contributed by atoms with E-state index in [2.05, 4.69) is 167 Å². The van der Waals surface area contributed by atoms with Crippen LogP contribution in [0.15, 0.2) is 36.9 Å². The van der Waals surface area contributed by atoms with E-state index in [0.29, 0.717) is 0 Å². The zero-order chi connectivity index (χ0) is 32.9. The minimum absolute atomic E-state index is 0.0663. The molecule has 234 valence electrons. The third kappa shape index (κ3) is 11.1. The molecule has 0 fully saturated rings. The van der Waals surface area contributed by atoms with Gasteiger partial charge in [0.1, 0.15) is 0 Å². The highest BCUT2D eigenvalue weighted by molar-refractivity contribution is 5.33. The van der Waals surface area contributed by atoms with Gasteiger partial charge in [0.15, 0.2) is 0 Å². The molecule has 0 atom stereocenters. The molecule has 0 aromatic carbocycles. The summed E-state index contributed by atoms with van der Waals surface area (Å²) in [4.78, 5) is 0. The van der Waals surface area contributed by atoms with E-state index in [4.69, 9.17) is 0 Å². The summed E-state index contributed by atoms with van der Waals surface area (Å²) in [7, 11) is 0. The molecular weight excluding hydrogens is 516 g/mol. The lowest BCUT2D eigenvalue weighted by Crippen LogP contribution is -2.23. The van der Waals surface area contributed by atoms with Gasteiger partial charge in [-0.15, -0.1) is 0 Å². The summed E-state index contributed by atoms with van der Waals surface area (Å²) in [6.45, 7) is 39.5. The van der Waals surface area contributed by atoms with Crippen LogP contribution in [0, 0.1) is 0 Å². The summed E-state index contributed by atoms with van der Waals surface area (Å²) >= 11 is 0. The maximum Gasteiger partial charge on any atom is 0.0721 e. The van der Waals surface area contributed by atoms with E-state index in [0.717, 1.165) is 11.4 Å². The molecule has 0 aliphatic carbocycles. The molecule has 0 bridgehead atoms. The van der Waals surface area contributed by atoms with Crippen molar-refractivity contribution >= 4 is 0 Å². The molecule has 3 rings (SSSR count). The van der Waals surface area contributed by atoms with Gasteiger partial charge in [-0.2, -0.15) is 30.6 Å². The van der Waals surface area contributed by atoms with Gasteiger partial charge < -0.3 is 0 Å². The van der Waals surface area contributed by atoms with Gasteiger partial charge in [0.05, 0.1) is 23.8 Å². The normalized spacial score (nSPS) is 13.0. The Kier molecular flexibility index (Phi) is 11.8. The van der Waals surface area contributed by atoms with Gasteiger partial charge in [-0.3, -0.25) is 0 Å². The van der Waals surface area contributed by atoms with Crippen molar-refractivity contribution in [3.8, 4) is 0 Å². The van der Waals surface area contributed by atoms with Crippen LogP contribution in [0.3, 0.4) is 0 Å². The fraction of sp³-hybridized carbons (Fsp3) is 0.667. The van der Waals surface area contributed by atoms with E-state index in [9.17, 15) is 0 Å². The predicted molar refractivity (Wildman–Crippen MR) is 178 cm³/mol. The van der Waals surface area contributed by atoms with E-state index >= 15 is 0 Å². The summed E-state index contributed by atoms with van der Waals surface area (Å²) in [5.74, 6) is 0. The minimum atomic E-state index is 0.0663. The van der Waals surface area contributed by atoms with Crippen LogP contribution in [0.25, 0.3) is 0 Å². The second-order valence-electron chi connectivity index (χ2n) is 17.4. The molecule has 0 amide bonds. The number of rotatable bonds is 0. The molecule has 6 nitrogen and oxygen atoms in total. The average Bonchev–Trinajstić information content (AvgIpc) is 2.82. The summed E-state index contributed by atoms with van der Waals surface area (Å²) < 4.78 is 0. The monoisotopic (exact) mass is 576 g/mol. The quantitative estimate of drug-likeness (QED) is 0.265. The van der Waals surface area contributed by atoms with Gasteiger partial charge in [0.2, 0.25) is 0 Å². The molecular formula is C36H60N6. The zero-order valence-corrected chi connectivity index (χ0v) is 30.1. The third-order valence-corrected chi connectivity index (χ3v) is 6.82. The molecule has 0 spiro atoms. The van der Waals surface area contributed by atoms with Crippen LogP contribution in [0.1, 0.15) is 158 Å². The Morgan fingerprint density at radius 3 is 0.786 bits per heavy atom. The van der Waals surface area contributed by atoms with Crippen molar-refractivity contribution in [2.45, 2.75) is 157 Å². The van der Waals surface area contributed by atoms with E-state index in [1.165, 1.54) is 22.3 Å². The Balaban J connectivity index is 0.000000315. The number of nitrogens with zero attached hydrogens (tertiary/aromatic N) is 6. The van der Waals surface area contributed by atoms with Gasteiger partial charge in [-0.05, 0) is 56.0 Å². The molecule has 0 radical (unpaired) electrons. The van der Waals surface area contributed by atoms with E-state index in [1.54, 1.807) is 12.4 Å². The van der Waals surface area contributed by atoms with Gasteiger partial charge >= 0.3 is 0 Å². The first-order valence-electron chi connectivity index (χ1n) is 15.2. The summed E-state index contributed by atoms with van der Waals surface area (Å²) in [6.07, 6.45) is 7.33. The highest BCUT2D eigenvalue weighted by Crippen LogP contribution is 2.33. The lowest BCUT2D eigenvalue weighted by atomic mass is 9.77. The van der Waals surface area contributed by atoms with Crippen LogP contribution in [0.4, 0.5) is 0 Å². The van der Waals surface area contributed by atoms with Crippen LogP contribution in [0.5, 0.6) is 0 Å². The molecule has 0 N–H and O–H groups in total. The summed E-state index contributed by atoms with van der Waals surface area (Å²) in [5.41, 5.74) is 8.06. The molecule has 0 saturated heterocycles. The molecule has 3 aromatic rings. The molecule has 0 aliphatic rings. The largest absolute Gasteiger partial charge is 0.159 e. The second kappa shape index (κ2) is 13.3. The average molecular weight is 577 g/mol. The van der Waals surface area contributed by atoms with Crippen LogP contribution >= 0.6 is 0 Å². The third-order valence-electron chi connectivity index (χ3n) is 6.82. The Morgan fingerprint density at radius 2 is 0.595 bits per heavy atom. The fourth-order valence-electron chi connectivity index (χ4n) is 4.50. The molecule has 0 saturated carbocycles. The summed E-state index contributed by atoms with van der Waals surface area (Å²) in [5, 5.41) is 24.4. The van der Waals surface area contributed by atoms with Crippen LogP contribution < -0.4 is 0 Å². The lowest BCUT2D eigenvalue weighted by Gasteiger charge is -2.28. The first-order chi connectivity index (χ1) is 18.7. The van der Waals surface area contributed by atoms with E-state index in [-0.39, 0.29) is 32.5 Å². The zero-order valence-electron chi connectivity index (χ0n) is 30.1. The lowest BCUT2D eigenvalue weighted by molar-refractivity contribution is 0.505. The van der Waals surface area contributed by atoms with Gasteiger partial charge in [-0.25, -0.2) is 0 Å². The topological polar surface area (TPSA) is 77.3 Å². The SMILES string of the molecule is CC(C)(C)c1ccnnc1C(C)(C)C.CC(C)(C)c1ccnnc1C(C)(C)C.CC(C)(C)c1cnncc1C(C)(C)C. The molecule has 0 unspecified atom stereocenters. The van der Waals surface area contributed by atoms with Crippen molar-refractivity contribution < 1.29 is 0 Å². The van der Waals surface area contributed by atoms with Gasteiger partial charge in [0, 0.05) is 23.2 Å². The van der Waals surface area contributed by atoms with Crippen LogP contribution in [0.2, 0.25) is 0 Å². The smallest absolute Gasteiger partial charge is 0.0721 e. The Hall–Kier alpha value is -2.76. The van der Waals surface area contributed by atoms with Crippen molar-refractivity contribution in [3.63, 3.8) is 0 Å². The van der Waals surface area contributed by atoms with Crippen LogP contribution in [-0.2, 0) is 32.5 Å². The fourth-order valence-corrected chi connectivity index (χ4v) is 4.50. The maximum absolute atomic E-state index is 4.27. The van der Waals surface area contributed by atoms with E-state index in [1.807, 2.05) is 12.4 Å². The van der Waals surface area contributed by atoms with Gasteiger partial charge in [-0.1, -0.05) is 125 Å². The van der Waals surface area contributed by atoms with Crippen molar-refractivity contribution in [1.82, 2.24) is 30.6 Å². The number of hydrogen-bond donors (Lipinski definition) is 0. The number of aromatic nitrogens is 6. The maximum atomic E-state index is 4.27. The first-order valence-corrected chi connectivity index (χ1v) is 15.2. The van der Waals surface area contributed by atoms with Crippen molar-refractivity contribution in [2.75, 3.05) is 0 Å². The molecule has 42 heavy (non-hydrogen) atoms. The molecule has 3 heterocycles. The Labute approximate surface area is 258 Å². The van der Waals surface area contributed by atoms with Gasteiger partial charge in [0.25, 0.3) is 0 Å². The molecule has 0 aliphatic heterocycles. The standard InChI is InChI=1S/3C12H20N2/c1-11(2,3)9-7-13-14-8-10(9)12(4,5)6;2*1-11(2,3)9-7-8-13-14-10(9)12(4,5)6/h3*7-8H,1-6H3. The molecule has 6 heteroatoms. The predicted octanol–water partition coefficient (Wildman–Crippen LogP) is 9.21. The van der Waals surface area contributed by atoms with Crippen LogP contribution in [-0.4, -0.2) is 30.6 Å². The summed E-state index contributed by atoms with van der Waals surface area (Å²) in [6, 6.07) is 4.15. The Bertz CT molecular complexity index is 1010. The minimum Gasteiger partial charge on any atom is -0.159 e. The van der Waals surface area contributed by atoms with Crippen molar-refractivity contribution in [3.05, 3.63) is 70.6 Å².